The SMILES string of the molecule is CS(=O)(=O)c1ccc(CN2CCN3CCNC(=O)[C@@H]3C2)cc1. The number of sulfone groups is 1. The number of nitrogens with zero attached hydrogens (tertiary/aromatic N) is 2. The molecule has 2 aliphatic rings. The Morgan fingerprint density at radius 1 is 1.18 bits per heavy atom. The molecule has 1 aromatic carbocycles. The predicted octanol–water partition coefficient (Wildman–Crippen LogP) is -0.294. The van der Waals surface area contributed by atoms with E-state index in [0.29, 0.717) is 4.90 Å². The van der Waals surface area contributed by atoms with Gasteiger partial charge >= 0.3 is 0 Å². The zero-order valence-electron chi connectivity index (χ0n) is 12.7. The molecule has 2 aliphatic heterocycles. The Kier molecular flexibility index (Phi) is 4.20. The monoisotopic (exact) mass is 323 g/mol. The van der Waals surface area contributed by atoms with Crippen LogP contribution in [-0.4, -0.2) is 69.1 Å². The van der Waals surface area contributed by atoms with E-state index in [9.17, 15) is 13.2 Å². The quantitative estimate of drug-likeness (QED) is 0.827. The lowest BCUT2D eigenvalue weighted by atomic mass is 10.1. The minimum atomic E-state index is -3.15. The lowest BCUT2D eigenvalue weighted by molar-refractivity contribution is -0.131. The number of carbonyl (C=O) groups is 1. The minimum absolute atomic E-state index is 0.0576. The first-order valence-electron chi connectivity index (χ1n) is 7.46. The van der Waals surface area contributed by atoms with Crippen LogP contribution in [0.15, 0.2) is 29.2 Å². The molecular formula is C15H21N3O3S. The number of carbonyl (C=O) groups excluding carboxylic acids is 1. The van der Waals surface area contributed by atoms with Gasteiger partial charge in [-0.25, -0.2) is 8.42 Å². The van der Waals surface area contributed by atoms with Gasteiger partial charge in [-0.3, -0.25) is 14.6 Å². The second-order valence-electron chi connectivity index (χ2n) is 5.99. The molecule has 2 saturated heterocycles. The zero-order valence-corrected chi connectivity index (χ0v) is 13.5. The highest BCUT2D eigenvalue weighted by molar-refractivity contribution is 7.90. The topological polar surface area (TPSA) is 69.7 Å². The van der Waals surface area contributed by atoms with Gasteiger partial charge in [-0.2, -0.15) is 0 Å². The number of nitrogens with one attached hydrogen (secondary N) is 1. The summed E-state index contributed by atoms with van der Waals surface area (Å²) in [7, 11) is -3.15. The average molecular weight is 323 g/mol. The molecule has 2 heterocycles. The molecule has 0 bridgehead atoms. The molecule has 0 spiro atoms. The summed E-state index contributed by atoms with van der Waals surface area (Å²) in [6.45, 7) is 4.95. The van der Waals surface area contributed by atoms with Gasteiger partial charge in [0.25, 0.3) is 0 Å². The summed E-state index contributed by atoms with van der Waals surface area (Å²) in [5, 5.41) is 2.92. The molecule has 0 saturated carbocycles. The maximum absolute atomic E-state index is 11.9. The summed E-state index contributed by atoms with van der Waals surface area (Å²) < 4.78 is 22.9. The molecule has 2 fully saturated rings. The number of hydrogen-bond acceptors (Lipinski definition) is 5. The van der Waals surface area contributed by atoms with Crippen LogP contribution in [0.2, 0.25) is 0 Å². The van der Waals surface area contributed by atoms with Gasteiger partial charge in [-0.1, -0.05) is 12.1 Å². The smallest absolute Gasteiger partial charge is 0.238 e. The van der Waals surface area contributed by atoms with E-state index < -0.39 is 9.84 Å². The lowest BCUT2D eigenvalue weighted by Gasteiger charge is -2.43. The van der Waals surface area contributed by atoms with E-state index in [0.717, 1.165) is 44.8 Å². The Bertz CT molecular complexity index is 657. The van der Waals surface area contributed by atoms with Crippen molar-refractivity contribution in [3.8, 4) is 0 Å². The van der Waals surface area contributed by atoms with Crippen LogP contribution >= 0.6 is 0 Å². The molecular weight excluding hydrogens is 302 g/mol. The highest BCUT2D eigenvalue weighted by Gasteiger charge is 2.34. The first-order valence-corrected chi connectivity index (χ1v) is 9.36. The van der Waals surface area contributed by atoms with Gasteiger partial charge in [0.1, 0.15) is 6.04 Å². The Hall–Kier alpha value is -1.44. The van der Waals surface area contributed by atoms with Crippen LogP contribution < -0.4 is 5.32 Å². The molecule has 0 unspecified atom stereocenters. The zero-order chi connectivity index (χ0) is 15.7. The lowest BCUT2D eigenvalue weighted by Crippen LogP contribution is -2.63. The van der Waals surface area contributed by atoms with Crippen LogP contribution in [0, 0.1) is 0 Å². The molecule has 0 radical (unpaired) electrons. The molecule has 1 atom stereocenters. The molecule has 6 nitrogen and oxygen atoms in total. The van der Waals surface area contributed by atoms with Crippen LogP contribution in [-0.2, 0) is 21.2 Å². The Morgan fingerprint density at radius 2 is 1.91 bits per heavy atom. The van der Waals surface area contributed by atoms with Crippen LogP contribution in [0.5, 0.6) is 0 Å². The van der Waals surface area contributed by atoms with Crippen LogP contribution in [0.25, 0.3) is 0 Å². The summed E-state index contributed by atoms with van der Waals surface area (Å²) in [6.07, 6.45) is 1.21. The van der Waals surface area contributed by atoms with Gasteiger partial charge in [-0.05, 0) is 17.7 Å². The summed E-state index contributed by atoms with van der Waals surface area (Å²) in [5.41, 5.74) is 1.07. The van der Waals surface area contributed by atoms with Gasteiger partial charge in [0.15, 0.2) is 9.84 Å². The minimum Gasteiger partial charge on any atom is -0.353 e. The third kappa shape index (κ3) is 3.31. The van der Waals surface area contributed by atoms with Crippen molar-refractivity contribution in [3.05, 3.63) is 29.8 Å². The average Bonchev–Trinajstić information content (AvgIpc) is 2.48. The van der Waals surface area contributed by atoms with Crippen molar-refractivity contribution in [1.29, 1.82) is 0 Å². The van der Waals surface area contributed by atoms with Gasteiger partial charge < -0.3 is 5.32 Å². The normalized spacial score (nSPS) is 23.9. The van der Waals surface area contributed by atoms with E-state index in [2.05, 4.69) is 15.1 Å². The molecule has 1 aromatic rings. The van der Waals surface area contributed by atoms with Crippen molar-refractivity contribution < 1.29 is 13.2 Å². The third-order valence-electron chi connectivity index (χ3n) is 4.33. The molecule has 3 rings (SSSR count). The number of benzene rings is 1. The third-order valence-corrected chi connectivity index (χ3v) is 5.46. The fourth-order valence-corrected chi connectivity index (χ4v) is 3.71. The van der Waals surface area contributed by atoms with Crippen molar-refractivity contribution >= 4 is 15.7 Å². The summed E-state index contributed by atoms with van der Waals surface area (Å²) in [5.74, 6) is 0.114. The largest absolute Gasteiger partial charge is 0.353 e. The van der Waals surface area contributed by atoms with Crippen molar-refractivity contribution in [1.82, 2.24) is 15.1 Å². The molecule has 7 heteroatoms. The molecule has 0 aromatic heterocycles. The summed E-state index contributed by atoms with van der Waals surface area (Å²) in [4.78, 5) is 16.8. The standard InChI is InChI=1S/C15H21N3O3S/c1-22(20,21)13-4-2-12(3-5-13)10-17-8-9-18-7-6-16-15(19)14(18)11-17/h2-5,14H,6-11H2,1H3,(H,16,19)/t14-/m0/s1. The van der Waals surface area contributed by atoms with Crippen LogP contribution in [0.4, 0.5) is 0 Å². The number of hydrogen-bond donors (Lipinski definition) is 1. The maximum atomic E-state index is 11.9. The van der Waals surface area contributed by atoms with Crippen molar-refractivity contribution in [2.24, 2.45) is 0 Å². The molecule has 22 heavy (non-hydrogen) atoms. The Labute approximate surface area is 131 Å². The van der Waals surface area contributed by atoms with Crippen LogP contribution in [0.1, 0.15) is 5.56 Å². The number of fused-ring (bicyclic) bond motifs is 1. The Morgan fingerprint density at radius 3 is 2.59 bits per heavy atom. The highest BCUT2D eigenvalue weighted by atomic mass is 32.2. The van der Waals surface area contributed by atoms with Crippen molar-refractivity contribution in [2.75, 3.05) is 39.0 Å². The molecule has 1 amide bonds. The molecule has 0 aliphatic carbocycles. The van der Waals surface area contributed by atoms with E-state index in [1.54, 1.807) is 12.1 Å². The predicted molar refractivity (Wildman–Crippen MR) is 83.2 cm³/mol. The second kappa shape index (κ2) is 5.98. The number of piperazine rings is 2. The van der Waals surface area contributed by atoms with E-state index in [-0.39, 0.29) is 11.9 Å². The summed E-state index contributed by atoms with van der Waals surface area (Å²) >= 11 is 0. The highest BCUT2D eigenvalue weighted by Crippen LogP contribution is 2.16. The fourth-order valence-electron chi connectivity index (χ4n) is 3.08. The van der Waals surface area contributed by atoms with Gasteiger partial charge in [0, 0.05) is 45.5 Å². The number of rotatable bonds is 3. The van der Waals surface area contributed by atoms with E-state index in [1.165, 1.54) is 6.26 Å². The maximum Gasteiger partial charge on any atom is 0.238 e. The van der Waals surface area contributed by atoms with E-state index in [1.807, 2.05) is 12.1 Å². The van der Waals surface area contributed by atoms with Gasteiger partial charge in [0.05, 0.1) is 4.90 Å². The fraction of sp³-hybridized carbons (Fsp3) is 0.533. The molecule has 120 valence electrons. The Balaban J connectivity index is 1.65. The summed E-state index contributed by atoms with van der Waals surface area (Å²) in [6, 6.07) is 6.94. The van der Waals surface area contributed by atoms with Crippen molar-refractivity contribution in [2.45, 2.75) is 17.5 Å². The van der Waals surface area contributed by atoms with Gasteiger partial charge in [0.2, 0.25) is 5.91 Å². The first kappa shape index (κ1) is 15.5. The first-order chi connectivity index (χ1) is 10.4. The van der Waals surface area contributed by atoms with E-state index >= 15 is 0 Å². The van der Waals surface area contributed by atoms with Crippen LogP contribution in [0.3, 0.4) is 0 Å². The van der Waals surface area contributed by atoms with Gasteiger partial charge in [-0.15, -0.1) is 0 Å². The molecule has 1 N–H and O–H groups in total. The van der Waals surface area contributed by atoms with E-state index in [4.69, 9.17) is 0 Å². The second-order valence-corrected chi connectivity index (χ2v) is 8.01. The number of amides is 1. The van der Waals surface area contributed by atoms with Crippen molar-refractivity contribution in [3.63, 3.8) is 0 Å².